The van der Waals surface area contributed by atoms with Gasteiger partial charge in [-0.1, -0.05) is 13.3 Å². The van der Waals surface area contributed by atoms with Gasteiger partial charge in [-0.05, 0) is 32.1 Å². The highest BCUT2D eigenvalue weighted by Crippen LogP contribution is 2.41. The Balaban J connectivity index is 1.84. The van der Waals surface area contributed by atoms with Gasteiger partial charge in [0.15, 0.2) is 0 Å². The maximum atomic E-state index is 11.9. The zero-order valence-electron chi connectivity index (χ0n) is 12.1. The first kappa shape index (κ1) is 15.3. The molecule has 2 amide bonds. The Morgan fingerprint density at radius 2 is 2.35 bits per heavy atom. The van der Waals surface area contributed by atoms with Crippen LogP contribution >= 0.6 is 11.3 Å². The second kappa shape index (κ2) is 7.04. The molecule has 1 heterocycles. The van der Waals surface area contributed by atoms with E-state index in [0.29, 0.717) is 18.9 Å². The van der Waals surface area contributed by atoms with Crippen LogP contribution in [-0.2, 0) is 0 Å². The molecule has 1 aliphatic carbocycles. The van der Waals surface area contributed by atoms with Crippen LogP contribution in [0.3, 0.4) is 0 Å². The van der Waals surface area contributed by atoms with Gasteiger partial charge < -0.3 is 15.7 Å². The summed E-state index contributed by atoms with van der Waals surface area (Å²) in [6.07, 6.45) is 5.28. The molecule has 2 rings (SSSR count). The molecular formula is C14H23N3O2S. The molecule has 2 atom stereocenters. The number of carbonyl (C=O) groups excluding carboxylic acids is 1. The zero-order chi connectivity index (χ0) is 14.5. The van der Waals surface area contributed by atoms with E-state index in [4.69, 9.17) is 0 Å². The number of aliphatic hydroxyl groups is 1. The van der Waals surface area contributed by atoms with E-state index in [-0.39, 0.29) is 12.1 Å². The fraction of sp³-hybridized carbons (Fsp3) is 0.714. The minimum atomic E-state index is -0.466. The first-order chi connectivity index (χ1) is 9.60. The highest BCUT2D eigenvalue weighted by molar-refractivity contribution is 7.11. The predicted molar refractivity (Wildman–Crippen MR) is 79.8 cm³/mol. The number of rotatable bonds is 7. The van der Waals surface area contributed by atoms with Gasteiger partial charge in [0.2, 0.25) is 0 Å². The number of hydrogen-bond acceptors (Lipinski definition) is 4. The molecule has 112 valence electrons. The van der Waals surface area contributed by atoms with E-state index in [2.05, 4.69) is 15.6 Å². The van der Waals surface area contributed by atoms with Crippen molar-refractivity contribution in [3.63, 3.8) is 0 Å². The molecule has 0 saturated heterocycles. The standard InChI is InChI=1S/C14H23N3O2S/c1-3-4-11(18)8-16-14(19)17-12(10-5-6-10)13-15-7-9(2)20-13/h7,10-12,18H,3-6,8H2,1-2H3,(H2,16,17,19). The molecule has 3 N–H and O–H groups in total. The smallest absolute Gasteiger partial charge is 0.315 e. The summed E-state index contributed by atoms with van der Waals surface area (Å²) in [5, 5.41) is 16.3. The Kier molecular flexibility index (Phi) is 5.37. The monoisotopic (exact) mass is 297 g/mol. The summed E-state index contributed by atoms with van der Waals surface area (Å²) < 4.78 is 0. The molecule has 1 aromatic rings. The van der Waals surface area contributed by atoms with Crippen molar-refractivity contribution in [2.24, 2.45) is 5.92 Å². The second-order valence-electron chi connectivity index (χ2n) is 5.42. The summed E-state index contributed by atoms with van der Waals surface area (Å²) in [7, 11) is 0. The van der Waals surface area contributed by atoms with Gasteiger partial charge >= 0.3 is 6.03 Å². The van der Waals surface area contributed by atoms with Crippen LogP contribution < -0.4 is 10.6 Å². The summed E-state index contributed by atoms with van der Waals surface area (Å²) >= 11 is 1.64. The number of aliphatic hydroxyl groups excluding tert-OH is 1. The van der Waals surface area contributed by atoms with Crippen molar-refractivity contribution < 1.29 is 9.90 Å². The molecule has 2 unspecified atom stereocenters. The third kappa shape index (κ3) is 4.45. The van der Waals surface area contributed by atoms with Crippen molar-refractivity contribution in [1.29, 1.82) is 0 Å². The first-order valence-corrected chi connectivity index (χ1v) is 8.06. The molecule has 0 aromatic carbocycles. The summed E-state index contributed by atoms with van der Waals surface area (Å²) in [5.41, 5.74) is 0. The summed E-state index contributed by atoms with van der Waals surface area (Å²) in [5.74, 6) is 0.506. The van der Waals surface area contributed by atoms with Crippen LogP contribution in [-0.4, -0.2) is 28.8 Å². The number of amides is 2. The van der Waals surface area contributed by atoms with Gasteiger partial charge in [0, 0.05) is 17.6 Å². The summed E-state index contributed by atoms with van der Waals surface area (Å²) in [6.45, 7) is 4.33. The Morgan fingerprint density at radius 3 is 2.90 bits per heavy atom. The zero-order valence-corrected chi connectivity index (χ0v) is 12.9. The van der Waals surface area contributed by atoms with Gasteiger partial charge in [0.1, 0.15) is 5.01 Å². The van der Waals surface area contributed by atoms with Crippen LogP contribution in [0.2, 0.25) is 0 Å². The number of nitrogens with zero attached hydrogens (tertiary/aromatic N) is 1. The van der Waals surface area contributed by atoms with Gasteiger partial charge in [-0.15, -0.1) is 11.3 Å². The van der Waals surface area contributed by atoms with Crippen molar-refractivity contribution >= 4 is 17.4 Å². The lowest BCUT2D eigenvalue weighted by Crippen LogP contribution is -2.41. The molecule has 0 aliphatic heterocycles. The van der Waals surface area contributed by atoms with Gasteiger partial charge in [0.05, 0.1) is 12.1 Å². The predicted octanol–water partition coefficient (Wildman–Crippen LogP) is 2.36. The summed E-state index contributed by atoms with van der Waals surface area (Å²) in [6, 6.07) is -0.207. The van der Waals surface area contributed by atoms with Crippen LogP contribution in [0.4, 0.5) is 4.79 Å². The lowest BCUT2D eigenvalue weighted by molar-refractivity contribution is 0.159. The van der Waals surface area contributed by atoms with Crippen molar-refractivity contribution in [2.45, 2.75) is 51.7 Å². The number of carbonyl (C=O) groups is 1. The first-order valence-electron chi connectivity index (χ1n) is 7.25. The van der Waals surface area contributed by atoms with Crippen molar-refractivity contribution in [1.82, 2.24) is 15.6 Å². The number of hydrogen-bond donors (Lipinski definition) is 3. The van der Waals surface area contributed by atoms with E-state index in [0.717, 1.165) is 29.1 Å². The number of nitrogens with one attached hydrogen (secondary N) is 2. The fourth-order valence-electron chi connectivity index (χ4n) is 2.16. The largest absolute Gasteiger partial charge is 0.391 e. The van der Waals surface area contributed by atoms with E-state index in [9.17, 15) is 9.90 Å². The second-order valence-corrected chi connectivity index (χ2v) is 6.69. The van der Waals surface area contributed by atoms with Gasteiger partial charge in [-0.3, -0.25) is 0 Å². The van der Waals surface area contributed by atoms with E-state index in [1.807, 2.05) is 20.0 Å². The van der Waals surface area contributed by atoms with Crippen LogP contribution in [0.25, 0.3) is 0 Å². The van der Waals surface area contributed by atoms with Crippen molar-refractivity contribution in [3.8, 4) is 0 Å². The SMILES string of the molecule is CCCC(O)CNC(=O)NC(c1ncc(C)s1)C1CC1. The third-order valence-electron chi connectivity index (χ3n) is 3.41. The number of aryl methyl sites for hydroxylation is 1. The molecule has 6 heteroatoms. The quantitative estimate of drug-likeness (QED) is 0.723. The lowest BCUT2D eigenvalue weighted by Gasteiger charge is -2.17. The molecular weight excluding hydrogens is 274 g/mol. The average Bonchev–Trinajstić information content (AvgIpc) is 3.16. The van der Waals surface area contributed by atoms with E-state index >= 15 is 0 Å². The Hall–Kier alpha value is -1.14. The summed E-state index contributed by atoms with van der Waals surface area (Å²) in [4.78, 5) is 17.5. The lowest BCUT2D eigenvalue weighted by atomic mass is 10.2. The third-order valence-corrected chi connectivity index (χ3v) is 4.40. The maximum Gasteiger partial charge on any atom is 0.315 e. The van der Waals surface area contributed by atoms with E-state index in [1.54, 1.807) is 11.3 Å². The van der Waals surface area contributed by atoms with E-state index in [1.165, 1.54) is 0 Å². The molecule has 5 nitrogen and oxygen atoms in total. The van der Waals surface area contributed by atoms with E-state index < -0.39 is 6.10 Å². The number of urea groups is 1. The van der Waals surface area contributed by atoms with Gasteiger partial charge in [0.25, 0.3) is 0 Å². The van der Waals surface area contributed by atoms with Crippen LogP contribution in [0.15, 0.2) is 6.20 Å². The maximum absolute atomic E-state index is 11.9. The Morgan fingerprint density at radius 1 is 1.60 bits per heavy atom. The molecule has 0 spiro atoms. The Bertz CT molecular complexity index is 445. The molecule has 1 fully saturated rings. The van der Waals surface area contributed by atoms with Crippen LogP contribution in [0.1, 0.15) is 48.5 Å². The molecule has 20 heavy (non-hydrogen) atoms. The minimum absolute atomic E-state index is 0.0111. The number of aromatic nitrogens is 1. The number of thiazole rings is 1. The topological polar surface area (TPSA) is 74.2 Å². The highest BCUT2D eigenvalue weighted by Gasteiger charge is 2.35. The molecule has 0 bridgehead atoms. The fourth-order valence-corrected chi connectivity index (χ4v) is 3.08. The van der Waals surface area contributed by atoms with Gasteiger partial charge in [-0.2, -0.15) is 0 Å². The Labute approximate surface area is 123 Å². The molecule has 0 radical (unpaired) electrons. The molecule has 1 aliphatic rings. The average molecular weight is 297 g/mol. The molecule has 1 aromatic heterocycles. The molecule has 1 saturated carbocycles. The van der Waals surface area contributed by atoms with Crippen LogP contribution in [0, 0.1) is 12.8 Å². The highest BCUT2D eigenvalue weighted by atomic mass is 32.1. The van der Waals surface area contributed by atoms with Crippen molar-refractivity contribution in [2.75, 3.05) is 6.54 Å². The van der Waals surface area contributed by atoms with Crippen LogP contribution in [0.5, 0.6) is 0 Å². The van der Waals surface area contributed by atoms with Crippen molar-refractivity contribution in [3.05, 3.63) is 16.1 Å². The van der Waals surface area contributed by atoms with Gasteiger partial charge in [-0.25, -0.2) is 9.78 Å². The minimum Gasteiger partial charge on any atom is -0.391 e. The normalized spacial score (nSPS) is 17.6.